The Labute approximate surface area is 66.4 Å². The minimum atomic E-state index is 0.602. The Morgan fingerprint density at radius 3 is 2.82 bits per heavy atom. The van der Waals surface area contributed by atoms with E-state index in [2.05, 4.69) is 6.58 Å². The van der Waals surface area contributed by atoms with Crippen molar-refractivity contribution in [2.24, 2.45) is 0 Å². The summed E-state index contributed by atoms with van der Waals surface area (Å²) in [6, 6.07) is 7.31. The van der Waals surface area contributed by atoms with Gasteiger partial charge < -0.3 is 9.68 Å². The van der Waals surface area contributed by atoms with Crippen molar-refractivity contribution in [3.63, 3.8) is 0 Å². The predicted octanol–water partition coefficient (Wildman–Crippen LogP) is 1.23. The molecule has 0 saturated carbocycles. The van der Waals surface area contributed by atoms with Gasteiger partial charge >= 0.3 is 7.69 Å². The molecule has 1 aromatic carbocycles. The molecular weight excluding hydrogens is 139 g/mol. The van der Waals surface area contributed by atoms with Crippen molar-refractivity contribution >= 4 is 13.8 Å². The first-order valence-electron chi connectivity index (χ1n) is 3.22. The van der Waals surface area contributed by atoms with Crippen LogP contribution in [0.2, 0.25) is 0 Å². The smallest absolute Gasteiger partial charge is 0.537 e. The number of para-hydroxylation sites is 1. The molecule has 0 unspecified atom stereocenters. The summed E-state index contributed by atoms with van der Waals surface area (Å²) in [4.78, 5) is 0. The molecule has 0 atom stereocenters. The fourth-order valence-corrected chi connectivity index (χ4v) is 0.813. The lowest BCUT2D eigenvalue weighted by atomic mass is 10.2. The van der Waals surface area contributed by atoms with Gasteiger partial charge in [0.1, 0.15) is 5.75 Å². The van der Waals surface area contributed by atoms with Crippen LogP contribution in [0.3, 0.4) is 0 Å². The highest BCUT2D eigenvalue weighted by molar-refractivity contribution is 6.17. The van der Waals surface area contributed by atoms with E-state index in [1.165, 1.54) is 0 Å². The molecule has 0 saturated heterocycles. The van der Waals surface area contributed by atoms with Crippen molar-refractivity contribution in [2.45, 2.75) is 0 Å². The minimum absolute atomic E-state index is 0.602. The third-order valence-electron chi connectivity index (χ3n) is 1.32. The fourth-order valence-electron chi connectivity index (χ4n) is 0.813. The monoisotopic (exact) mass is 147 g/mol. The highest BCUT2D eigenvalue weighted by Gasteiger charge is 1.97. The average Bonchev–Trinajstić information content (AvgIpc) is 2.06. The van der Waals surface area contributed by atoms with E-state index in [1.807, 2.05) is 18.2 Å². The average molecular weight is 147 g/mol. The summed E-state index contributed by atoms with van der Waals surface area (Å²) in [5.41, 5.74) is 0.859. The Hall–Kier alpha value is -1.22. The molecule has 1 radical (unpaired) electrons. The zero-order valence-corrected chi connectivity index (χ0v) is 6.03. The van der Waals surface area contributed by atoms with Gasteiger partial charge in [-0.15, -0.1) is 0 Å². The van der Waals surface area contributed by atoms with Crippen LogP contribution < -0.4 is 4.65 Å². The second-order valence-electron chi connectivity index (χ2n) is 1.97. The summed E-state index contributed by atoms with van der Waals surface area (Å²) in [5, 5.41) is 8.36. The van der Waals surface area contributed by atoms with Crippen molar-refractivity contribution in [2.75, 3.05) is 0 Å². The van der Waals surface area contributed by atoms with Crippen LogP contribution in [0.4, 0.5) is 0 Å². The van der Waals surface area contributed by atoms with Crippen molar-refractivity contribution < 1.29 is 9.68 Å². The summed E-state index contributed by atoms with van der Waals surface area (Å²) in [6.45, 7) is 3.60. The Morgan fingerprint density at radius 1 is 1.45 bits per heavy atom. The molecule has 1 aromatic rings. The molecule has 2 nitrogen and oxygen atoms in total. The molecular formula is C8H8BO2. The van der Waals surface area contributed by atoms with Gasteiger partial charge in [0.25, 0.3) is 0 Å². The van der Waals surface area contributed by atoms with Crippen molar-refractivity contribution in [3.8, 4) is 5.75 Å². The Bertz CT molecular complexity index is 248. The van der Waals surface area contributed by atoms with E-state index in [1.54, 1.807) is 12.1 Å². The first kappa shape index (κ1) is 7.89. The molecule has 1 rings (SSSR count). The van der Waals surface area contributed by atoms with E-state index in [-0.39, 0.29) is 0 Å². The van der Waals surface area contributed by atoms with Gasteiger partial charge in [0.15, 0.2) is 0 Å². The van der Waals surface area contributed by atoms with Crippen LogP contribution in [0.15, 0.2) is 30.8 Å². The molecule has 0 aliphatic carbocycles. The summed E-state index contributed by atoms with van der Waals surface area (Å²) >= 11 is 0. The standard InChI is InChI=1S/C8H8BO2/c1-2-7-5-3-4-6-8(7)11-9-10/h2-6,10H,1H2. The van der Waals surface area contributed by atoms with Gasteiger partial charge in [-0.3, -0.25) is 0 Å². The lowest BCUT2D eigenvalue weighted by Crippen LogP contribution is -2.00. The Kier molecular flexibility index (Phi) is 2.75. The largest absolute Gasteiger partial charge is 0.569 e. The van der Waals surface area contributed by atoms with Gasteiger partial charge in [0.05, 0.1) is 0 Å². The molecule has 0 spiro atoms. The summed E-state index contributed by atoms with van der Waals surface area (Å²) < 4.78 is 4.79. The molecule has 0 aliphatic rings. The summed E-state index contributed by atoms with van der Waals surface area (Å²) in [6.07, 6.45) is 1.67. The van der Waals surface area contributed by atoms with Crippen LogP contribution in [0, 0.1) is 0 Å². The van der Waals surface area contributed by atoms with Crippen LogP contribution in [-0.4, -0.2) is 12.7 Å². The molecule has 0 aromatic heterocycles. The van der Waals surface area contributed by atoms with E-state index in [0.717, 1.165) is 5.56 Å². The molecule has 1 N–H and O–H groups in total. The van der Waals surface area contributed by atoms with Crippen LogP contribution in [0.25, 0.3) is 6.08 Å². The van der Waals surface area contributed by atoms with Crippen LogP contribution in [0.5, 0.6) is 5.75 Å². The van der Waals surface area contributed by atoms with Gasteiger partial charge in [0.2, 0.25) is 0 Å². The molecule has 0 fully saturated rings. The van der Waals surface area contributed by atoms with E-state index < -0.39 is 0 Å². The fraction of sp³-hybridized carbons (Fsp3) is 0. The van der Waals surface area contributed by atoms with E-state index in [9.17, 15) is 0 Å². The predicted molar refractivity (Wildman–Crippen MR) is 45.1 cm³/mol. The minimum Gasteiger partial charge on any atom is -0.537 e. The SMILES string of the molecule is C=Cc1ccccc1O[B]O. The topological polar surface area (TPSA) is 29.5 Å². The van der Waals surface area contributed by atoms with Gasteiger partial charge in [-0.25, -0.2) is 0 Å². The molecule has 11 heavy (non-hydrogen) atoms. The van der Waals surface area contributed by atoms with Crippen molar-refractivity contribution in [1.82, 2.24) is 0 Å². The van der Waals surface area contributed by atoms with Gasteiger partial charge in [0, 0.05) is 5.56 Å². The third kappa shape index (κ3) is 1.85. The lowest BCUT2D eigenvalue weighted by molar-refractivity contribution is 0.453. The zero-order chi connectivity index (χ0) is 8.10. The molecule has 0 heterocycles. The summed E-state index contributed by atoms with van der Waals surface area (Å²) in [7, 11) is 0.655. The van der Waals surface area contributed by atoms with Gasteiger partial charge in [-0.1, -0.05) is 30.9 Å². The first-order valence-corrected chi connectivity index (χ1v) is 3.22. The summed E-state index contributed by atoms with van der Waals surface area (Å²) in [5.74, 6) is 0.602. The zero-order valence-electron chi connectivity index (χ0n) is 6.03. The van der Waals surface area contributed by atoms with Crippen LogP contribution in [-0.2, 0) is 0 Å². The third-order valence-corrected chi connectivity index (χ3v) is 1.32. The Morgan fingerprint density at radius 2 is 2.18 bits per heavy atom. The number of benzene rings is 1. The van der Waals surface area contributed by atoms with Crippen LogP contribution >= 0.6 is 0 Å². The highest BCUT2D eigenvalue weighted by Crippen LogP contribution is 2.17. The maximum absolute atomic E-state index is 8.36. The number of hydrogen-bond acceptors (Lipinski definition) is 2. The molecule has 0 bridgehead atoms. The Balaban J connectivity index is 2.92. The van der Waals surface area contributed by atoms with E-state index in [0.29, 0.717) is 13.4 Å². The molecule has 0 aliphatic heterocycles. The van der Waals surface area contributed by atoms with Crippen LogP contribution in [0.1, 0.15) is 5.56 Å². The maximum Gasteiger partial charge on any atom is 0.569 e. The quantitative estimate of drug-likeness (QED) is 0.651. The molecule has 3 heteroatoms. The van der Waals surface area contributed by atoms with Crippen molar-refractivity contribution in [1.29, 1.82) is 0 Å². The lowest BCUT2D eigenvalue weighted by Gasteiger charge is -2.03. The first-order chi connectivity index (χ1) is 5.38. The molecule has 0 amide bonds. The second kappa shape index (κ2) is 3.83. The van der Waals surface area contributed by atoms with Crippen molar-refractivity contribution in [3.05, 3.63) is 36.4 Å². The maximum atomic E-state index is 8.36. The number of hydrogen-bond donors (Lipinski definition) is 1. The van der Waals surface area contributed by atoms with Gasteiger partial charge in [-0.05, 0) is 6.07 Å². The second-order valence-corrected chi connectivity index (χ2v) is 1.97. The van der Waals surface area contributed by atoms with E-state index in [4.69, 9.17) is 9.68 Å². The van der Waals surface area contributed by atoms with Gasteiger partial charge in [-0.2, -0.15) is 0 Å². The highest BCUT2D eigenvalue weighted by atomic mass is 16.5. The normalized spacial score (nSPS) is 8.82. The number of rotatable bonds is 3. The molecule has 55 valence electrons. The van der Waals surface area contributed by atoms with E-state index >= 15 is 0 Å².